The second-order valence-electron chi connectivity index (χ2n) is 3.00. The van der Waals surface area contributed by atoms with Crippen molar-refractivity contribution in [2.75, 3.05) is 12.4 Å². The van der Waals surface area contributed by atoms with E-state index in [0.717, 1.165) is 0 Å². The molecule has 6 nitrogen and oxygen atoms in total. The summed E-state index contributed by atoms with van der Waals surface area (Å²) in [4.78, 5) is 32.8. The van der Waals surface area contributed by atoms with Gasteiger partial charge in [0.1, 0.15) is 0 Å². The molecule has 1 rings (SSSR count). The molecule has 1 aromatic rings. The minimum Gasteiger partial charge on any atom is -0.465 e. The maximum atomic E-state index is 11.2. The zero-order chi connectivity index (χ0) is 13.0. The average Bonchev–Trinajstić information content (AvgIpc) is 2.30. The monoisotopic (exact) mass is 256 g/mol. The number of ether oxygens (including phenoxy) is 1. The number of amides is 2. The molecule has 3 N–H and O–H groups in total. The van der Waals surface area contributed by atoms with Gasteiger partial charge in [-0.3, -0.25) is 9.59 Å². The minimum atomic E-state index is -1.15. The van der Waals surface area contributed by atoms with Crippen LogP contribution in [0.4, 0.5) is 5.69 Å². The number of nitrogens with one attached hydrogen (secondary N) is 1. The summed E-state index contributed by atoms with van der Waals surface area (Å²) in [5, 5.41) is 2.35. The van der Waals surface area contributed by atoms with Crippen LogP contribution in [0, 0.1) is 0 Å². The van der Waals surface area contributed by atoms with Gasteiger partial charge in [0.15, 0.2) is 0 Å². The van der Waals surface area contributed by atoms with Crippen molar-refractivity contribution in [3.63, 3.8) is 0 Å². The Labute approximate surface area is 102 Å². The molecule has 0 aliphatic rings. The van der Waals surface area contributed by atoms with Gasteiger partial charge in [-0.15, -0.1) is 0 Å². The third kappa shape index (κ3) is 3.18. The topological polar surface area (TPSA) is 98.5 Å². The molecule has 17 heavy (non-hydrogen) atoms. The molecule has 0 radical (unpaired) electrons. The van der Waals surface area contributed by atoms with Gasteiger partial charge in [0.2, 0.25) is 0 Å². The van der Waals surface area contributed by atoms with E-state index in [1.807, 2.05) is 0 Å². The van der Waals surface area contributed by atoms with Crippen LogP contribution in [0.3, 0.4) is 0 Å². The van der Waals surface area contributed by atoms with Crippen LogP contribution in [-0.4, -0.2) is 24.9 Å². The number of rotatable bonds is 2. The molecule has 1 aromatic carbocycles. The summed E-state index contributed by atoms with van der Waals surface area (Å²) in [5.74, 6) is -2.75. The highest BCUT2D eigenvalue weighted by Gasteiger charge is 2.13. The number of carbonyl (C=O) groups excluding carboxylic acids is 3. The number of methoxy groups -OCH3 is 1. The molecule has 0 fully saturated rings. The van der Waals surface area contributed by atoms with Gasteiger partial charge in [-0.2, -0.15) is 0 Å². The SMILES string of the molecule is COC(=O)c1ccc(Cl)c(NC(=O)C(N)=O)c1. The largest absolute Gasteiger partial charge is 0.465 e. The molecule has 2 amide bonds. The van der Waals surface area contributed by atoms with E-state index in [9.17, 15) is 14.4 Å². The molecular formula is C10H9ClN2O4. The lowest BCUT2D eigenvalue weighted by Crippen LogP contribution is -2.29. The fourth-order valence-corrected chi connectivity index (χ4v) is 1.21. The number of carbonyl (C=O) groups is 3. The van der Waals surface area contributed by atoms with Crippen molar-refractivity contribution in [3.8, 4) is 0 Å². The summed E-state index contributed by atoms with van der Waals surface area (Å²) in [5.41, 5.74) is 5.07. The summed E-state index contributed by atoms with van der Waals surface area (Å²) in [6, 6.07) is 4.10. The quantitative estimate of drug-likeness (QED) is 0.596. The first-order valence-corrected chi connectivity index (χ1v) is 4.82. The van der Waals surface area contributed by atoms with Crippen LogP contribution in [-0.2, 0) is 14.3 Å². The lowest BCUT2D eigenvalue weighted by Gasteiger charge is -2.07. The van der Waals surface area contributed by atoms with Crippen molar-refractivity contribution < 1.29 is 19.1 Å². The maximum absolute atomic E-state index is 11.2. The maximum Gasteiger partial charge on any atom is 0.337 e. The molecular weight excluding hydrogens is 248 g/mol. The number of hydrogen-bond donors (Lipinski definition) is 2. The molecule has 0 aliphatic heterocycles. The first kappa shape index (κ1) is 13.0. The van der Waals surface area contributed by atoms with Gasteiger partial charge in [0.25, 0.3) is 0 Å². The highest BCUT2D eigenvalue weighted by atomic mass is 35.5. The first-order chi connectivity index (χ1) is 7.95. The van der Waals surface area contributed by atoms with Crippen LogP contribution >= 0.6 is 11.6 Å². The van der Waals surface area contributed by atoms with E-state index >= 15 is 0 Å². The van der Waals surface area contributed by atoms with Crippen LogP contribution in [0.1, 0.15) is 10.4 Å². The standard InChI is InChI=1S/C10H9ClN2O4/c1-17-10(16)5-2-3-6(11)7(4-5)13-9(15)8(12)14/h2-4H,1H3,(H2,12,14)(H,13,15). The van der Waals surface area contributed by atoms with E-state index in [4.69, 9.17) is 17.3 Å². The number of primary amides is 1. The average molecular weight is 257 g/mol. The number of benzene rings is 1. The summed E-state index contributed by atoms with van der Waals surface area (Å²) >= 11 is 5.77. The minimum absolute atomic E-state index is 0.110. The molecule has 0 heterocycles. The van der Waals surface area contributed by atoms with Crippen LogP contribution < -0.4 is 11.1 Å². The Kier molecular flexibility index (Phi) is 4.06. The van der Waals surface area contributed by atoms with Gasteiger partial charge in [0.05, 0.1) is 23.4 Å². The molecule has 0 atom stereocenters. The van der Waals surface area contributed by atoms with Gasteiger partial charge in [-0.1, -0.05) is 11.6 Å². The summed E-state index contributed by atoms with van der Waals surface area (Å²) in [7, 11) is 1.22. The highest BCUT2D eigenvalue weighted by molar-refractivity contribution is 6.41. The Morgan fingerprint density at radius 2 is 2.00 bits per heavy atom. The van der Waals surface area contributed by atoms with Gasteiger partial charge < -0.3 is 15.8 Å². The molecule has 0 bridgehead atoms. The Morgan fingerprint density at radius 1 is 1.35 bits per heavy atom. The predicted octanol–water partition coefficient (Wildman–Crippen LogP) is 0.550. The van der Waals surface area contributed by atoms with Crippen LogP contribution in [0.25, 0.3) is 0 Å². The summed E-state index contributed by atoms with van der Waals surface area (Å²) in [6.07, 6.45) is 0. The van der Waals surface area contributed by atoms with Gasteiger partial charge in [-0.25, -0.2) is 4.79 Å². The smallest absolute Gasteiger partial charge is 0.337 e. The van der Waals surface area contributed by atoms with Crippen LogP contribution in [0.5, 0.6) is 0 Å². The second kappa shape index (κ2) is 5.31. The third-order valence-corrected chi connectivity index (χ3v) is 2.19. The van der Waals surface area contributed by atoms with Gasteiger partial charge in [0, 0.05) is 0 Å². The molecule has 0 unspecified atom stereocenters. The second-order valence-corrected chi connectivity index (χ2v) is 3.41. The Bertz CT molecular complexity index is 487. The van der Waals surface area contributed by atoms with Gasteiger partial charge in [-0.05, 0) is 18.2 Å². The van der Waals surface area contributed by atoms with Crippen molar-refractivity contribution in [2.24, 2.45) is 5.73 Å². The first-order valence-electron chi connectivity index (χ1n) is 4.44. The molecule has 0 spiro atoms. The number of halogens is 1. The summed E-state index contributed by atoms with van der Waals surface area (Å²) in [6.45, 7) is 0. The predicted molar refractivity (Wildman–Crippen MR) is 60.6 cm³/mol. The molecule has 0 saturated heterocycles. The third-order valence-electron chi connectivity index (χ3n) is 1.86. The molecule has 0 aromatic heterocycles. The fraction of sp³-hybridized carbons (Fsp3) is 0.100. The van der Waals surface area contributed by atoms with Crippen LogP contribution in [0.2, 0.25) is 5.02 Å². The van der Waals surface area contributed by atoms with E-state index in [1.165, 1.54) is 25.3 Å². The molecule has 7 heteroatoms. The van der Waals surface area contributed by atoms with Crippen molar-refractivity contribution in [3.05, 3.63) is 28.8 Å². The molecule has 0 saturated carbocycles. The van der Waals surface area contributed by atoms with Crippen molar-refractivity contribution >= 4 is 35.1 Å². The zero-order valence-electron chi connectivity index (χ0n) is 8.82. The lowest BCUT2D eigenvalue weighted by atomic mass is 10.2. The van der Waals surface area contributed by atoms with Crippen molar-refractivity contribution in [1.82, 2.24) is 0 Å². The van der Waals surface area contributed by atoms with Gasteiger partial charge >= 0.3 is 17.8 Å². The Balaban J connectivity index is 3.02. The van der Waals surface area contributed by atoms with E-state index in [0.29, 0.717) is 0 Å². The Hall–Kier alpha value is -2.08. The number of esters is 1. The van der Waals surface area contributed by atoms with E-state index in [-0.39, 0.29) is 16.3 Å². The highest BCUT2D eigenvalue weighted by Crippen LogP contribution is 2.23. The number of nitrogens with two attached hydrogens (primary N) is 1. The summed E-state index contributed by atoms with van der Waals surface area (Å²) < 4.78 is 4.50. The number of hydrogen-bond acceptors (Lipinski definition) is 4. The lowest BCUT2D eigenvalue weighted by molar-refractivity contribution is -0.134. The van der Waals surface area contributed by atoms with E-state index in [2.05, 4.69) is 10.1 Å². The Morgan fingerprint density at radius 3 is 2.53 bits per heavy atom. The van der Waals surface area contributed by atoms with E-state index in [1.54, 1.807) is 0 Å². The number of anilines is 1. The van der Waals surface area contributed by atoms with Crippen LogP contribution in [0.15, 0.2) is 18.2 Å². The molecule has 0 aliphatic carbocycles. The zero-order valence-corrected chi connectivity index (χ0v) is 9.58. The molecule has 90 valence electrons. The van der Waals surface area contributed by atoms with E-state index < -0.39 is 17.8 Å². The normalized spacial score (nSPS) is 9.53. The van der Waals surface area contributed by atoms with Crippen molar-refractivity contribution in [1.29, 1.82) is 0 Å². The fourth-order valence-electron chi connectivity index (χ4n) is 1.05. The van der Waals surface area contributed by atoms with Crippen molar-refractivity contribution in [2.45, 2.75) is 0 Å².